The zero-order valence-electron chi connectivity index (χ0n) is 13.5. The molecule has 3 heterocycles. The van der Waals surface area contributed by atoms with E-state index in [4.69, 9.17) is 0 Å². The molecular weight excluding hydrogens is 276 g/mol. The molecule has 0 aromatic carbocycles. The second-order valence-corrected chi connectivity index (χ2v) is 6.92. The summed E-state index contributed by atoms with van der Waals surface area (Å²) in [6, 6.07) is 0.856. The van der Waals surface area contributed by atoms with Crippen LogP contribution in [0.3, 0.4) is 0 Å². The number of fused-ring (bicyclic) bond motifs is 2. The molecule has 5 nitrogen and oxygen atoms in total. The summed E-state index contributed by atoms with van der Waals surface area (Å²) < 4.78 is 0. The van der Waals surface area contributed by atoms with Crippen molar-refractivity contribution in [3.8, 4) is 0 Å². The summed E-state index contributed by atoms with van der Waals surface area (Å²) in [5.41, 5.74) is 2.09. The summed E-state index contributed by atoms with van der Waals surface area (Å²) in [6.07, 6.45) is 10.6. The van der Waals surface area contributed by atoms with Crippen LogP contribution in [0.1, 0.15) is 45.2 Å². The summed E-state index contributed by atoms with van der Waals surface area (Å²) in [6.45, 7) is 4.87. The first kappa shape index (κ1) is 15.3. The second kappa shape index (κ2) is 6.24. The number of aromatic nitrogens is 2. The fourth-order valence-corrected chi connectivity index (χ4v) is 3.86. The highest BCUT2D eigenvalue weighted by Crippen LogP contribution is 2.46. The molecule has 0 radical (unpaired) electrons. The first-order valence-electron chi connectivity index (χ1n) is 8.25. The van der Waals surface area contributed by atoms with Crippen LogP contribution in [0.25, 0.3) is 0 Å². The molecule has 3 atom stereocenters. The summed E-state index contributed by atoms with van der Waals surface area (Å²) in [5, 5.41) is 6.78. The van der Waals surface area contributed by atoms with Crippen LogP contribution in [0.4, 0.5) is 0 Å². The Bertz CT molecular complexity index is 547. The topological polar surface area (TPSA) is 69.8 Å². The Labute approximate surface area is 132 Å². The standard InChI is InChI=1S/C17H26N4O/c1-12(2)5-7-17(9-13-3-4-15(17)21-13)16(22)19-8-6-14-10-18-11-20-14/h5,10-11,13,15,21H,3-4,6-9H2,1-2H3,(H,18,20)(H,19,22)/t13-,15+,17+/m0/s1. The van der Waals surface area contributed by atoms with Gasteiger partial charge >= 0.3 is 0 Å². The van der Waals surface area contributed by atoms with Crippen LogP contribution in [0.5, 0.6) is 0 Å². The van der Waals surface area contributed by atoms with Gasteiger partial charge in [-0.2, -0.15) is 0 Å². The minimum Gasteiger partial charge on any atom is -0.355 e. The number of nitrogens with zero attached hydrogens (tertiary/aromatic N) is 1. The van der Waals surface area contributed by atoms with Crippen molar-refractivity contribution >= 4 is 5.91 Å². The van der Waals surface area contributed by atoms with E-state index in [1.807, 2.05) is 6.20 Å². The highest BCUT2D eigenvalue weighted by atomic mass is 16.2. The Morgan fingerprint density at radius 3 is 2.95 bits per heavy atom. The molecule has 2 saturated heterocycles. The zero-order chi connectivity index (χ0) is 15.6. The summed E-state index contributed by atoms with van der Waals surface area (Å²) >= 11 is 0. The molecule has 3 rings (SSSR count). The largest absolute Gasteiger partial charge is 0.355 e. The molecule has 3 N–H and O–H groups in total. The minimum atomic E-state index is -0.256. The molecule has 1 aromatic heterocycles. The van der Waals surface area contributed by atoms with Gasteiger partial charge in [0, 0.05) is 36.9 Å². The summed E-state index contributed by atoms with van der Waals surface area (Å²) in [7, 11) is 0. The van der Waals surface area contributed by atoms with Gasteiger partial charge in [-0.15, -0.1) is 0 Å². The maximum Gasteiger partial charge on any atom is 0.228 e. The molecule has 2 fully saturated rings. The molecule has 0 spiro atoms. The number of rotatable bonds is 6. The Morgan fingerprint density at radius 2 is 2.36 bits per heavy atom. The fraction of sp³-hybridized carbons (Fsp3) is 0.647. The van der Waals surface area contributed by atoms with Crippen LogP contribution in [0, 0.1) is 5.41 Å². The molecule has 1 amide bonds. The van der Waals surface area contributed by atoms with Crippen molar-refractivity contribution in [3.63, 3.8) is 0 Å². The number of aromatic amines is 1. The fourth-order valence-electron chi connectivity index (χ4n) is 3.86. The van der Waals surface area contributed by atoms with Crippen LogP contribution in [0.15, 0.2) is 24.2 Å². The van der Waals surface area contributed by atoms with Crippen molar-refractivity contribution in [3.05, 3.63) is 29.9 Å². The van der Waals surface area contributed by atoms with Gasteiger partial charge < -0.3 is 15.6 Å². The van der Waals surface area contributed by atoms with Crippen LogP contribution in [0.2, 0.25) is 0 Å². The lowest BCUT2D eigenvalue weighted by molar-refractivity contribution is -0.132. The molecule has 0 unspecified atom stereocenters. The molecule has 2 aliphatic rings. The lowest BCUT2D eigenvalue weighted by Gasteiger charge is -2.34. The molecule has 2 bridgehead atoms. The van der Waals surface area contributed by atoms with Crippen molar-refractivity contribution in [2.45, 2.75) is 58.0 Å². The molecule has 0 saturated carbocycles. The number of imidazole rings is 1. The highest BCUT2D eigenvalue weighted by Gasteiger charge is 2.54. The van der Waals surface area contributed by atoms with E-state index in [1.54, 1.807) is 6.33 Å². The van der Waals surface area contributed by atoms with Gasteiger partial charge in [0.1, 0.15) is 0 Å². The quantitative estimate of drug-likeness (QED) is 0.703. The van der Waals surface area contributed by atoms with Gasteiger partial charge in [-0.25, -0.2) is 4.98 Å². The van der Waals surface area contributed by atoms with E-state index in [-0.39, 0.29) is 11.3 Å². The number of nitrogens with one attached hydrogen (secondary N) is 3. The van der Waals surface area contributed by atoms with Gasteiger partial charge in [0.05, 0.1) is 11.7 Å². The molecule has 5 heteroatoms. The van der Waals surface area contributed by atoms with Gasteiger partial charge in [-0.3, -0.25) is 4.79 Å². The summed E-state index contributed by atoms with van der Waals surface area (Å²) in [4.78, 5) is 20.0. The zero-order valence-corrected chi connectivity index (χ0v) is 13.5. The van der Waals surface area contributed by atoms with E-state index >= 15 is 0 Å². The monoisotopic (exact) mass is 302 g/mol. The first-order chi connectivity index (χ1) is 10.6. The molecule has 120 valence electrons. The van der Waals surface area contributed by atoms with E-state index in [0.717, 1.165) is 31.4 Å². The third kappa shape index (κ3) is 2.95. The van der Waals surface area contributed by atoms with Crippen LogP contribution in [-0.2, 0) is 11.2 Å². The van der Waals surface area contributed by atoms with Crippen molar-refractivity contribution in [1.82, 2.24) is 20.6 Å². The van der Waals surface area contributed by atoms with Gasteiger partial charge in [-0.05, 0) is 39.5 Å². The Hall–Kier alpha value is -1.62. The molecule has 0 aliphatic carbocycles. The van der Waals surface area contributed by atoms with E-state index in [9.17, 15) is 4.79 Å². The van der Waals surface area contributed by atoms with Gasteiger partial charge in [0.15, 0.2) is 0 Å². The number of carbonyl (C=O) groups is 1. The number of H-pyrrole nitrogens is 1. The Balaban J connectivity index is 1.64. The van der Waals surface area contributed by atoms with Crippen LogP contribution in [-0.4, -0.2) is 34.5 Å². The first-order valence-corrected chi connectivity index (χ1v) is 8.25. The van der Waals surface area contributed by atoms with Gasteiger partial charge in [0.25, 0.3) is 0 Å². The number of allylic oxidation sites excluding steroid dienone is 2. The average molecular weight is 302 g/mol. The summed E-state index contributed by atoms with van der Waals surface area (Å²) in [5.74, 6) is 0.212. The number of hydrogen-bond donors (Lipinski definition) is 3. The van der Waals surface area contributed by atoms with Crippen molar-refractivity contribution < 1.29 is 4.79 Å². The lowest BCUT2D eigenvalue weighted by atomic mass is 9.70. The van der Waals surface area contributed by atoms with Crippen LogP contribution >= 0.6 is 0 Å². The number of amides is 1. The normalized spacial score (nSPS) is 29.5. The predicted octanol–water partition coefficient (Wildman–Crippen LogP) is 1.94. The predicted molar refractivity (Wildman–Crippen MR) is 86.3 cm³/mol. The Morgan fingerprint density at radius 1 is 1.50 bits per heavy atom. The second-order valence-electron chi connectivity index (χ2n) is 6.92. The average Bonchev–Trinajstić information content (AvgIpc) is 3.21. The van der Waals surface area contributed by atoms with Crippen molar-refractivity contribution in [2.24, 2.45) is 5.41 Å². The lowest BCUT2D eigenvalue weighted by Crippen LogP contribution is -2.48. The molecule has 1 aromatic rings. The van der Waals surface area contributed by atoms with Gasteiger partial charge in [0.2, 0.25) is 5.91 Å². The molecule has 22 heavy (non-hydrogen) atoms. The molecular formula is C17H26N4O. The van der Waals surface area contributed by atoms with Gasteiger partial charge in [-0.1, -0.05) is 11.6 Å². The maximum absolute atomic E-state index is 12.9. The smallest absolute Gasteiger partial charge is 0.228 e. The third-order valence-electron chi connectivity index (χ3n) is 5.08. The van der Waals surface area contributed by atoms with Crippen molar-refractivity contribution in [2.75, 3.05) is 6.54 Å². The highest BCUT2D eigenvalue weighted by molar-refractivity contribution is 5.84. The van der Waals surface area contributed by atoms with Crippen molar-refractivity contribution in [1.29, 1.82) is 0 Å². The maximum atomic E-state index is 12.9. The number of carbonyl (C=O) groups excluding carboxylic acids is 1. The number of hydrogen-bond acceptors (Lipinski definition) is 3. The Kier molecular flexibility index (Phi) is 4.34. The van der Waals surface area contributed by atoms with E-state index in [0.29, 0.717) is 18.6 Å². The van der Waals surface area contributed by atoms with E-state index in [2.05, 4.69) is 40.5 Å². The third-order valence-corrected chi connectivity index (χ3v) is 5.08. The minimum absolute atomic E-state index is 0.212. The van der Waals surface area contributed by atoms with Crippen LogP contribution < -0.4 is 10.6 Å². The molecule has 2 aliphatic heterocycles. The SMILES string of the molecule is CC(C)=CC[C@@]1(C(=O)NCCc2cnc[nH]2)C[C@@H]2CC[C@H]1N2. The van der Waals surface area contributed by atoms with E-state index in [1.165, 1.54) is 12.0 Å². The van der Waals surface area contributed by atoms with E-state index < -0.39 is 0 Å².